The van der Waals surface area contributed by atoms with Crippen LogP contribution in [0.15, 0.2) is 71.7 Å². The monoisotopic (exact) mass is 495 g/mol. The number of aliphatic imine (C=N–C) groups is 1. The van der Waals surface area contributed by atoms with E-state index in [9.17, 15) is 14.0 Å². The van der Waals surface area contributed by atoms with Crippen LogP contribution in [-0.4, -0.2) is 27.1 Å². The van der Waals surface area contributed by atoms with Crippen LogP contribution < -0.4 is 5.32 Å². The molecule has 0 saturated carbocycles. The summed E-state index contributed by atoms with van der Waals surface area (Å²) in [6.07, 6.45) is 0.0250. The minimum absolute atomic E-state index is 0.0250. The molecule has 1 fully saturated rings. The van der Waals surface area contributed by atoms with Crippen LogP contribution in [0.25, 0.3) is 0 Å². The Labute approximate surface area is 207 Å². The van der Waals surface area contributed by atoms with Crippen LogP contribution in [0.4, 0.5) is 15.8 Å². The molecule has 174 valence electrons. The molecule has 1 unspecified atom stereocenters. The van der Waals surface area contributed by atoms with E-state index in [4.69, 9.17) is 11.6 Å². The quantitative estimate of drug-likeness (QED) is 0.454. The van der Waals surface area contributed by atoms with Gasteiger partial charge in [0.25, 0.3) is 0 Å². The van der Waals surface area contributed by atoms with E-state index >= 15 is 0 Å². The maximum Gasteiger partial charge on any atom is 0.238 e. The van der Waals surface area contributed by atoms with E-state index in [0.717, 1.165) is 16.7 Å². The number of hydrogen-bond donors (Lipinski definition) is 1. The number of carbonyl (C=O) groups is 2. The third-order valence-corrected chi connectivity index (χ3v) is 6.78. The van der Waals surface area contributed by atoms with Gasteiger partial charge < -0.3 is 5.32 Å². The Hall–Kier alpha value is -3.16. The molecule has 0 spiro atoms. The molecule has 4 rings (SSSR count). The number of thioether (sulfide) groups is 1. The maximum atomic E-state index is 13.3. The number of nitrogens with zero attached hydrogens (tertiary/aromatic N) is 2. The largest absolute Gasteiger partial charge is 0.325 e. The molecule has 1 aliphatic heterocycles. The summed E-state index contributed by atoms with van der Waals surface area (Å²) in [5.41, 5.74) is 4.09. The highest BCUT2D eigenvalue weighted by Crippen LogP contribution is 2.32. The first kappa shape index (κ1) is 24.0. The summed E-state index contributed by atoms with van der Waals surface area (Å²) < 4.78 is 13.3. The lowest BCUT2D eigenvalue weighted by Gasteiger charge is -2.32. The first-order chi connectivity index (χ1) is 16.3. The highest BCUT2D eigenvalue weighted by atomic mass is 35.5. The van der Waals surface area contributed by atoms with Crippen LogP contribution in [0.1, 0.15) is 23.1 Å². The molecule has 1 atom stereocenters. The zero-order chi connectivity index (χ0) is 24.2. The van der Waals surface area contributed by atoms with Crippen molar-refractivity contribution in [3.63, 3.8) is 0 Å². The van der Waals surface area contributed by atoms with E-state index in [0.29, 0.717) is 21.6 Å². The fourth-order valence-electron chi connectivity index (χ4n) is 3.59. The van der Waals surface area contributed by atoms with Crippen LogP contribution in [0.5, 0.6) is 0 Å². The first-order valence-corrected chi connectivity index (χ1v) is 12.0. The second-order valence-corrected chi connectivity index (χ2v) is 9.71. The van der Waals surface area contributed by atoms with E-state index in [-0.39, 0.29) is 30.6 Å². The van der Waals surface area contributed by atoms with Gasteiger partial charge in [-0.25, -0.2) is 9.38 Å². The zero-order valence-electron chi connectivity index (χ0n) is 18.7. The van der Waals surface area contributed by atoms with Gasteiger partial charge in [0.05, 0.1) is 12.2 Å². The number of anilines is 1. The molecule has 5 nitrogen and oxygen atoms in total. The summed E-state index contributed by atoms with van der Waals surface area (Å²) in [7, 11) is 0. The van der Waals surface area contributed by atoms with Gasteiger partial charge in [-0.3, -0.25) is 14.5 Å². The molecular weight excluding hydrogens is 473 g/mol. The number of hydrogen-bond acceptors (Lipinski definition) is 4. The molecule has 1 N–H and O–H groups in total. The van der Waals surface area contributed by atoms with Crippen molar-refractivity contribution in [3.05, 3.63) is 94.3 Å². The minimum Gasteiger partial charge on any atom is -0.325 e. The van der Waals surface area contributed by atoms with Crippen molar-refractivity contribution in [3.8, 4) is 0 Å². The third kappa shape index (κ3) is 5.85. The molecule has 0 bridgehead atoms. The average Bonchev–Trinajstić information content (AvgIpc) is 2.79. The smallest absolute Gasteiger partial charge is 0.238 e. The second-order valence-electron chi connectivity index (χ2n) is 8.10. The highest BCUT2D eigenvalue weighted by Gasteiger charge is 2.36. The van der Waals surface area contributed by atoms with Crippen LogP contribution in [0.3, 0.4) is 0 Å². The Morgan fingerprint density at radius 1 is 1.15 bits per heavy atom. The highest BCUT2D eigenvalue weighted by molar-refractivity contribution is 8.15. The van der Waals surface area contributed by atoms with Gasteiger partial charge in [0, 0.05) is 17.1 Å². The van der Waals surface area contributed by atoms with Gasteiger partial charge in [-0.1, -0.05) is 59.3 Å². The molecule has 0 aliphatic carbocycles. The van der Waals surface area contributed by atoms with E-state index in [2.05, 4.69) is 10.3 Å². The number of halogens is 2. The molecule has 3 aromatic rings. The molecule has 0 radical (unpaired) electrons. The summed E-state index contributed by atoms with van der Waals surface area (Å²) in [5, 5.41) is 3.21. The van der Waals surface area contributed by atoms with Gasteiger partial charge in [0.2, 0.25) is 11.8 Å². The molecule has 3 aromatic carbocycles. The van der Waals surface area contributed by atoms with Crippen molar-refractivity contribution in [2.75, 3.05) is 5.32 Å². The second kappa shape index (κ2) is 10.4. The predicted molar refractivity (Wildman–Crippen MR) is 136 cm³/mol. The van der Waals surface area contributed by atoms with Crippen LogP contribution in [0, 0.1) is 19.7 Å². The normalized spacial score (nSPS) is 17.2. The predicted octanol–water partition coefficient (Wildman–Crippen LogP) is 6.26. The Morgan fingerprint density at radius 2 is 1.91 bits per heavy atom. The molecule has 1 saturated heterocycles. The number of amidine groups is 1. The summed E-state index contributed by atoms with van der Waals surface area (Å²) in [6.45, 7) is 4.14. The Bertz CT molecular complexity index is 1260. The van der Waals surface area contributed by atoms with E-state index < -0.39 is 5.25 Å². The first-order valence-electron chi connectivity index (χ1n) is 10.7. The van der Waals surface area contributed by atoms with Crippen molar-refractivity contribution in [2.24, 2.45) is 4.99 Å². The standard InChI is InChI=1S/C26H23ClFN3O2S/c1-16-6-11-22(17(2)12-16)30-25(33)23-14-24(32)31(15-18-7-9-20(28)10-8-18)26(34-23)29-21-5-3-4-19(27)13-21/h3-13,23H,14-15H2,1-2H3,(H,30,33). The Kier molecular flexibility index (Phi) is 7.34. The van der Waals surface area contributed by atoms with E-state index in [1.165, 1.54) is 28.8 Å². The van der Waals surface area contributed by atoms with Gasteiger partial charge >= 0.3 is 0 Å². The number of aryl methyl sites for hydroxylation is 2. The van der Waals surface area contributed by atoms with E-state index in [1.54, 1.807) is 36.4 Å². The SMILES string of the molecule is Cc1ccc(NC(=O)C2CC(=O)N(Cc3ccc(F)cc3)C(=Nc3cccc(Cl)c3)S2)c(C)c1. The molecule has 8 heteroatoms. The van der Waals surface area contributed by atoms with Crippen molar-refractivity contribution in [2.45, 2.75) is 32.1 Å². The van der Waals surface area contributed by atoms with Crippen LogP contribution >= 0.6 is 23.4 Å². The van der Waals surface area contributed by atoms with Crippen molar-refractivity contribution in [1.82, 2.24) is 4.90 Å². The number of carbonyl (C=O) groups excluding carboxylic acids is 2. The maximum absolute atomic E-state index is 13.3. The molecule has 34 heavy (non-hydrogen) atoms. The lowest BCUT2D eigenvalue weighted by atomic mass is 10.1. The number of nitrogens with one attached hydrogen (secondary N) is 1. The molecule has 1 heterocycles. The van der Waals surface area contributed by atoms with Gasteiger partial charge in [-0.05, 0) is 61.4 Å². The molecular formula is C26H23ClFN3O2S. The summed E-state index contributed by atoms with van der Waals surface area (Å²) >= 11 is 7.34. The lowest BCUT2D eigenvalue weighted by Crippen LogP contribution is -2.44. The minimum atomic E-state index is -0.643. The fraction of sp³-hybridized carbons (Fsp3) is 0.192. The summed E-state index contributed by atoms with van der Waals surface area (Å²) in [5.74, 6) is -0.839. The Balaban J connectivity index is 1.61. The number of rotatable bonds is 5. The third-order valence-electron chi connectivity index (χ3n) is 5.36. The lowest BCUT2D eigenvalue weighted by molar-refractivity contribution is -0.129. The number of benzene rings is 3. The van der Waals surface area contributed by atoms with Gasteiger partial charge in [-0.2, -0.15) is 0 Å². The molecule has 1 aliphatic rings. The molecule has 2 amide bonds. The van der Waals surface area contributed by atoms with E-state index in [1.807, 2.05) is 32.0 Å². The van der Waals surface area contributed by atoms with Crippen LogP contribution in [0.2, 0.25) is 5.02 Å². The Morgan fingerprint density at radius 3 is 2.62 bits per heavy atom. The topological polar surface area (TPSA) is 61.8 Å². The van der Waals surface area contributed by atoms with Gasteiger partial charge in [-0.15, -0.1) is 0 Å². The number of amides is 2. The van der Waals surface area contributed by atoms with Gasteiger partial charge in [0.15, 0.2) is 5.17 Å². The average molecular weight is 496 g/mol. The van der Waals surface area contributed by atoms with Crippen molar-refractivity contribution < 1.29 is 14.0 Å². The van der Waals surface area contributed by atoms with Gasteiger partial charge in [0.1, 0.15) is 11.1 Å². The van der Waals surface area contributed by atoms with Crippen molar-refractivity contribution >= 4 is 51.7 Å². The van der Waals surface area contributed by atoms with Crippen LogP contribution in [-0.2, 0) is 16.1 Å². The molecule has 0 aromatic heterocycles. The summed E-state index contributed by atoms with van der Waals surface area (Å²) in [4.78, 5) is 32.4. The fourth-order valence-corrected chi connectivity index (χ4v) is 4.87. The summed E-state index contributed by atoms with van der Waals surface area (Å²) in [6, 6.07) is 18.7. The zero-order valence-corrected chi connectivity index (χ0v) is 20.3. The van der Waals surface area contributed by atoms with Crippen molar-refractivity contribution in [1.29, 1.82) is 0 Å².